The van der Waals surface area contributed by atoms with Gasteiger partial charge in [-0.1, -0.05) is 31.2 Å². The van der Waals surface area contributed by atoms with Crippen molar-refractivity contribution < 1.29 is 28.6 Å². The van der Waals surface area contributed by atoms with E-state index >= 15 is 0 Å². The summed E-state index contributed by atoms with van der Waals surface area (Å²) in [5.74, 6) is 0.652. The molecule has 35 heavy (non-hydrogen) atoms. The van der Waals surface area contributed by atoms with E-state index in [0.717, 1.165) is 25.7 Å². The van der Waals surface area contributed by atoms with Gasteiger partial charge in [-0.15, -0.1) is 0 Å². The molecule has 0 radical (unpaired) electrons. The summed E-state index contributed by atoms with van der Waals surface area (Å²) in [6, 6.07) is 15.0. The van der Waals surface area contributed by atoms with E-state index in [1.165, 1.54) is 25.0 Å². The van der Waals surface area contributed by atoms with E-state index in [1.54, 1.807) is 12.1 Å². The highest BCUT2D eigenvalue weighted by atomic mass is 16.6. The maximum Gasteiger partial charge on any atom is 0.338 e. The topological polar surface area (TPSA) is 78.9 Å². The number of rotatable bonds is 4. The predicted molar refractivity (Wildman–Crippen MR) is 129 cm³/mol. The Morgan fingerprint density at radius 1 is 0.943 bits per heavy atom. The minimum atomic E-state index is -0.465. The van der Waals surface area contributed by atoms with E-state index in [2.05, 4.69) is 13.0 Å². The van der Waals surface area contributed by atoms with Crippen molar-refractivity contribution in [1.82, 2.24) is 0 Å². The number of hydrogen-bond donors (Lipinski definition) is 0. The molecule has 2 fully saturated rings. The molecule has 0 spiro atoms. The highest BCUT2D eigenvalue weighted by Gasteiger charge is 2.61. The lowest BCUT2D eigenvalue weighted by Crippen LogP contribution is -2.46. The van der Waals surface area contributed by atoms with Crippen LogP contribution in [0, 0.1) is 17.3 Å². The average Bonchev–Trinajstić information content (AvgIpc) is 3.10. The van der Waals surface area contributed by atoms with Crippen molar-refractivity contribution in [3.63, 3.8) is 0 Å². The second-order valence-corrected chi connectivity index (χ2v) is 10.5. The van der Waals surface area contributed by atoms with Crippen molar-refractivity contribution in [2.45, 2.75) is 71.0 Å². The molecule has 6 nitrogen and oxygen atoms in total. The quantitative estimate of drug-likeness (QED) is 0.444. The van der Waals surface area contributed by atoms with E-state index < -0.39 is 12.2 Å². The SMILES string of the molecule is CC(=O)Oc1ccc2c(c1)CC[C@@H]1[C@@H]2CC[C@@]2(C)[C@H]1C[C@@H](OC(=O)c1ccccc1)[C@@H]2OC(C)=O. The van der Waals surface area contributed by atoms with E-state index in [4.69, 9.17) is 14.2 Å². The van der Waals surface area contributed by atoms with E-state index in [9.17, 15) is 14.4 Å². The Kier molecular flexibility index (Phi) is 6.16. The van der Waals surface area contributed by atoms with Crippen LogP contribution in [0.3, 0.4) is 0 Å². The lowest BCUT2D eigenvalue weighted by molar-refractivity contribution is -0.161. The molecule has 0 aromatic heterocycles. The molecule has 5 rings (SSSR count). The first-order valence-electron chi connectivity index (χ1n) is 12.5. The number of esters is 3. The Hall–Kier alpha value is -3.15. The normalized spacial score (nSPS) is 30.9. The molecule has 0 aliphatic heterocycles. The fourth-order valence-corrected chi connectivity index (χ4v) is 7.01. The van der Waals surface area contributed by atoms with Crippen molar-refractivity contribution in [1.29, 1.82) is 0 Å². The maximum absolute atomic E-state index is 12.9. The largest absolute Gasteiger partial charge is 0.458 e. The molecule has 0 heterocycles. The first-order chi connectivity index (χ1) is 16.8. The Labute approximate surface area is 206 Å². The van der Waals surface area contributed by atoms with Gasteiger partial charge in [-0.05, 0) is 85.3 Å². The molecule has 6 heteroatoms. The van der Waals surface area contributed by atoms with Gasteiger partial charge < -0.3 is 14.2 Å². The van der Waals surface area contributed by atoms with Crippen LogP contribution in [-0.4, -0.2) is 30.1 Å². The van der Waals surface area contributed by atoms with Crippen LogP contribution in [0.25, 0.3) is 0 Å². The lowest BCUT2D eigenvalue weighted by atomic mass is 9.55. The molecule has 2 saturated carbocycles. The minimum absolute atomic E-state index is 0.246. The Balaban J connectivity index is 1.41. The van der Waals surface area contributed by atoms with Crippen molar-refractivity contribution >= 4 is 17.9 Å². The van der Waals surface area contributed by atoms with E-state index in [-0.39, 0.29) is 29.2 Å². The van der Waals surface area contributed by atoms with Gasteiger partial charge in [-0.2, -0.15) is 0 Å². The summed E-state index contributed by atoms with van der Waals surface area (Å²) < 4.78 is 17.2. The van der Waals surface area contributed by atoms with Gasteiger partial charge in [0.05, 0.1) is 5.56 Å². The summed E-state index contributed by atoms with van der Waals surface area (Å²) in [5.41, 5.74) is 2.83. The number of ether oxygens (including phenoxy) is 3. The summed E-state index contributed by atoms with van der Waals surface area (Å²) in [5, 5.41) is 0. The number of fused-ring (bicyclic) bond motifs is 5. The van der Waals surface area contributed by atoms with Gasteiger partial charge in [0.15, 0.2) is 0 Å². The Bertz CT molecular complexity index is 1140. The van der Waals surface area contributed by atoms with Crippen LogP contribution >= 0.6 is 0 Å². The highest BCUT2D eigenvalue weighted by molar-refractivity contribution is 5.89. The van der Waals surface area contributed by atoms with Gasteiger partial charge in [0.1, 0.15) is 18.0 Å². The summed E-state index contributed by atoms with van der Waals surface area (Å²) in [4.78, 5) is 36.4. The van der Waals surface area contributed by atoms with Crippen LogP contribution in [0.2, 0.25) is 0 Å². The molecule has 0 unspecified atom stereocenters. The van der Waals surface area contributed by atoms with Crippen LogP contribution in [0.1, 0.15) is 73.9 Å². The van der Waals surface area contributed by atoms with Gasteiger partial charge in [0.25, 0.3) is 0 Å². The first-order valence-corrected chi connectivity index (χ1v) is 12.5. The second kappa shape index (κ2) is 9.14. The number of carbonyl (C=O) groups excluding carboxylic acids is 3. The molecule has 0 amide bonds. The Morgan fingerprint density at radius 3 is 2.43 bits per heavy atom. The van der Waals surface area contributed by atoms with Gasteiger partial charge in [0.2, 0.25) is 0 Å². The van der Waals surface area contributed by atoms with Gasteiger partial charge in [-0.25, -0.2) is 4.79 Å². The summed E-state index contributed by atoms with van der Waals surface area (Å²) >= 11 is 0. The lowest BCUT2D eigenvalue weighted by Gasteiger charge is -2.50. The molecule has 2 aromatic rings. The monoisotopic (exact) mass is 476 g/mol. The average molecular weight is 477 g/mol. The molecule has 0 N–H and O–H groups in total. The standard InChI is InChI=1S/C29H32O6/c1-17(30)33-21-10-12-22-20(15-21)9-11-24-23(22)13-14-29(3)25(24)16-26(27(29)34-18(2)31)35-28(32)19-7-5-4-6-8-19/h4-8,10,12,15,23-27H,9,11,13-14,16H2,1-3H3/t23-,24-,25+,26-,27+,29+/m1/s1. The molecule has 2 aromatic carbocycles. The fourth-order valence-electron chi connectivity index (χ4n) is 7.01. The highest BCUT2D eigenvalue weighted by Crippen LogP contribution is 2.62. The van der Waals surface area contributed by atoms with Crippen molar-refractivity contribution in [3.05, 3.63) is 65.2 Å². The fraction of sp³-hybridized carbons (Fsp3) is 0.483. The molecule has 6 atom stereocenters. The maximum atomic E-state index is 12.9. The number of hydrogen-bond acceptors (Lipinski definition) is 6. The van der Waals surface area contributed by atoms with Crippen LogP contribution in [0.5, 0.6) is 5.75 Å². The van der Waals surface area contributed by atoms with Crippen LogP contribution in [-0.2, 0) is 25.5 Å². The summed E-state index contributed by atoms with van der Waals surface area (Å²) in [7, 11) is 0. The van der Waals surface area contributed by atoms with Crippen LogP contribution in [0.15, 0.2) is 48.5 Å². The molecule has 0 bridgehead atoms. The van der Waals surface area contributed by atoms with Crippen LogP contribution < -0.4 is 4.74 Å². The van der Waals surface area contributed by atoms with Gasteiger partial charge in [0, 0.05) is 19.3 Å². The van der Waals surface area contributed by atoms with Gasteiger partial charge >= 0.3 is 17.9 Å². The molecule has 3 aliphatic rings. The van der Waals surface area contributed by atoms with Crippen LogP contribution in [0.4, 0.5) is 0 Å². The predicted octanol–water partition coefficient (Wildman–Crippen LogP) is 5.24. The second-order valence-electron chi connectivity index (χ2n) is 10.5. The van der Waals surface area contributed by atoms with Crippen molar-refractivity contribution in [2.24, 2.45) is 17.3 Å². The van der Waals surface area contributed by atoms with Crippen molar-refractivity contribution in [3.8, 4) is 5.75 Å². The number of benzene rings is 2. The summed E-state index contributed by atoms with van der Waals surface area (Å²) in [6.45, 7) is 5.05. The number of carbonyl (C=O) groups is 3. The minimum Gasteiger partial charge on any atom is -0.458 e. The summed E-state index contributed by atoms with van der Waals surface area (Å²) in [6.07, 6.45) is 3.56. The zero-order chi connectivity index (χ0) is 24.7. The van der Waals surface area contributed by atoms with Crippen molar-refractivity contribution in [2.75, 3.05) is 0 Å². The smallest absolute Gasteiger partial charge is 0.338 e. The van der Waals surface area contributed by atoms with E-state index in [1.807, 2.05) is 30.3 Å². The zero-order valence-corrected chi connectivity index (χ0v) is 20.5. The Morgan fingerprint density at radius 2 is 1.71 bits per heavy atom. The van der Waals surface area contributed by atoms with E-state index in [0.29, 0.717) is 29.6 Å². The zero-order valence-electron chi connectivity index (χ0n) is 20.5. The molecule has 3 aliphatic carbocycles. The molecule has 184 valence electrons. The third kappa shape index (κ3) is 4.35. The molecule has 0 saturated heterocycles. The molecular formula is C29H32O6. The van der Waals surface area contributed by atoms with Gasteiger partial charge in [-0.3, -0.25) is 9.59 Å². The molecular weight excluding hydrogens is 444 g/mol. The first kappa shape index (κ1) is 23.6. The third-order valence-corrected chi connectivity index (χ3v) is 8.43. The third-order valence-electron chi connectivity index (χ3n) is 8.43. The number of aryl methyl sites for hydroxylation is 1.